The fourth-order valence-corrected chi connectivity index (χ4v) is 4.31. The molecule has 1 aromatic carbocycles. The van der Waals surface area contributed by atoms with Crippen molar-refractivity contribution in [2.75, 3.05) is 13.1 Å². The molecule has 1 aliphatic heterocycles. The molecule has 2 aromatic rings. The Morgan fingerprint density at radius 1 is 1.21 bits per heavy atom. The number of likely N-dealkylation sites (tertiary alicyclic amines) is 1. The fraction of sp³-hybridized carbons (Fsp3) is 0.522. The Hall–Kier alpha value is -2.50. The Morgan fingerprint density at radius 2 is 1.86 bits per heavy atom. The van der Waals surface area contributed by atoms with Crippen molar-refractivity contribution < 1.29 is 9.18 Å². The number of piperidine rings is 1. The number of amides is 1. The van der Waals surface area contributed by atoms with Crippen LogP contribution < -0.4 is 5.56 Å². The smallest absolute Gasteiger partial charge is 0.253 e. The number of aromatic nitrogens is 2. The van der Waals surface area contributed by atoms with Gasteiger partial charge in [-0.2, -0.15) is 0 Å². The number of halogens is 1. The minimum atomic E-state index is -0.450. The average molecular weight is 397 g/mol. The third kappa shape index (κ3) is 3.98. The first-order chi connectivity index (χ1) is 13.9. The minimum absolute atomic E-state index is 0.00421. The van der Waals surface area contributed by atoms with Gasteiger partial charge in [-0.25, -0.2) is 9.37 Å². The lowest BCUT2D eigenvalue weighted by Crippen LogP contribution is -2.44. The quantitative estimate of drug-likeness (QED) is 0.776. The summed E-state index contributed by atoms with van der Waals surface area (Å²) in [4.78, 5) is 31.9. The standard InChI is InChI=1S/C23H28FN3O2/c1-16(2)20-13-21(28)27(15-25-20)14-17-7-11-26(12-8-17)22(29)23(9-10-23)18-3-5-19(24)6-4-18/h3-6,13,15-17H,7-12,14H2,1-2H3. The van der Waals surface area contributed by atoms with Crippen LogP contribution in [0.15, 0.2) is 41.5 Å². The van der Waals surface area contributed by atoms with Crippen LogP contribution in [0, 0.1) is 11.7 Å². The lowest BCUT2D eigenvalue weighted by Gasteiger charge is -2.34. The number of nitrogens with zero attached hydrogens (tertiary/aromatic N) is 3. The summed E-state index contributed by atoms with van der Waals surface area (Å²) in [5, 5.41) is 0. The van der Waals surface area contributed by atoms with Crippen LogP contribution in [-0.4, -0.2) is 33.4 Å². The predicted molar refractivity (Wildman–Crippen MR) is 109 cm³/mol. The summed E-state index contributed by atoms with van der Waals surface area (Å²) in [5.41, 5.74) is 1.29. The molecule has 2 heterocycles. The van der Waals surface area contributed by atoms with Gasteiger partial charge in [-0.05, 0) is 55.2 Å². The maximum absolute atomic E-state index is 13.2. The Labute approximate surface area is 170 Å². The third-order valence-electron chi connectivity index (χ3n) is 6.40. The van der Waals surface area contributed by atoms with Crippen LogP contribution in [0.5, 0.6) is 0 Å². The molecule has 0 bridgehead atoms. The molecule has 6 heteroatoms. The SMILES string of the molecule is CC(C)c1cc(=O)n(CC2CCN(C(=O)C3(c4ccc(F)cc4)CC3)CC2)cn1. The number of carbonyl (C=O) groups excluding carboxylic acids is 1. The number of hydrogen-bond acceptors (Lipinski definition) is 3. The number of carbonyl (C=O) groups is 1. The zero-order valence-electron chi connectivity index (χ0n) is 17.1. The Bertz CT molecular complexity index is 939. The maximum atomic E-state index is 13.2. The lowest BCUT2D eigenvalue weighted by atomic mass is 9.91. The molecule has 1 amide bonds. The first-order valence-corrected chi connectivity index (χ1v) is 10.5. The van der Waals surface area contributed by atoms with E-state index in [0.717, 1.165) is 36.9 Å². The van der Waals surface area contributed by atoms with E-state index in [0.29, 0.717) is 25.6 Å². The number of benzene rings is 1. The Morgan fingerprint density at radius 3 is 2.41 bits per heavy atom. The highest BCUT2D eigenvalue weighted by molar-refractivity contribution is 5.91. The molecule has 0 unspecified atom stereocenters. The van der Waals surface area contributed by atoms with Crippen LogP contribution in [-0.2, 0) is 16.8 Å². The summed E-state index contributed by atoms with van der Waals surface area (Å²) in [7, 11) is 0. The van der Waals surface area contributed by atoms with Gasteiger partial charge in [-0.1, -0.05) is 26.0 Å². The highest BCUT2D eigenvalue weighted by Gasteiger charge is 2.53. The predicted octanol–water partition coefficient (Wildman–Crippen LogP) is 3.48. The zero-order chi connectivity index (χ0) is 20.6. The fourth-order valence-electron chi connectivity index (χ4n) is 4.31. The molecule has 0 atom stereocenters. The molecule has 1 saturated heterocycles. The van der Waals surface area contributed by atoms with Crippen LogP contribution in [0.3, 0.4) is 0 Å². The lowest BCUT2D eigenvalue weighted by molar-refractivity contribution is -0.135. The van der Waals surface area contributed by atoms with Crippen molar-refractivity contribution in [1.29, 1.82) is 0 Å². The first kappa shape index (κ1) is 19.8. The molecule has 0 spiro atoms. The number of rotatable bonds is 5. The molecule has 0 radical (unpaired) electrons. The molecule has 0 N–H and O–H groups in total. The summed E-state index contributed by atoms with van der Waals surface area (Å²) in [6.45, 7) is 6.11. The molecular formula is C23H28FN3O2. The van der Waals surface area contributed by atoms with E-state index >= 15 is 0 Å². The average Bonchev–Trinajstić information content (AvgIpc) is 3.52. The minimum Gasteiger partial charge on any atom is -0.342 e. The molecule has 29 heavy (non-hydrogen) atoms. The molecule has 2 fully saturated rings. The van der Waals surface area contributed by atoms with E-state index in [1.54, 1.807) is 29.1 Å². The van der Waals surface area contributed by atoms with Crippen molar-refractivity contribution in [3.05, 3.63) is 64.1 Å². The van der Waals surface area contributed by atoms with E-state index in [9.17, 15) is 14.0 Å². The molecule has 1 aliphatic carbocycles. The van der Waals surface area contributed by atoms with Gasteiger partial charge in [0.2, 0.25) is 5.91 Å². The van der Waals surface area contributed by atoms with Gasteiger partial charge in [0.15, 0.2) is 0 Å². The van der Waals surface area contributed by atoms with Gasteiger partial charge < -0.3 is 4.90 Å². The molecule has 2 aliphatic rings. The van der Waals surface area contributed by atoms with Crippen molar-refractivity contribution in [3.8, 4) is 0 Å². The van der Waals surface area contributed by atoms with Crippen molar-refractivity contribution in [2.45, 2.75) is 57.4 Å². The van der Waals surface area contributed by atoms with Gasteiger partial charge in [0.05, 0.1) is 17.4 Å². The summed E-state index contributed by atoms with van der Waals surface area (Å²) >= 11 is 0. The second-order valence-electron chi connectivity index (χ2n) is 8.78. The zero-order valence-corrected chi connectivity index (χ0v) is 17.1. The van der Waals surface area contributed by atoms with E-state index in [1.807, 2.05) is 18.7 Å². The topological polar surface area (TPSA) is 55.2 Å². The van der Waals surface area contributed by atoms with E-state index < -0.39 is 5.41 Å². The van der Waals surface area contributed by atoms with Crippen molar-refractivity contribution in [1.82, 2.24) is 14.5 Å². The van der Waals surface area contributed by atoms with Gasteiger partial charge in [0.1, 0.15) is 5.82 Å². The molecular weight excluding hydrogens is 369 g/mol. The van der Waals surface area contributed by atoms with Gasteiger partial charge in [-0.3, -0.25) is 14.2 Å². The molecule has 1 aromatic heterocycles. The van der Waals surface area contributed by atoms with Crippen LogP contribution in [0.2, 0.25) is 0 Å². The van der Waals surface area contributed by atoms with E-state index in [4.69, 9.17) is 0 Å². The second-order valence-corrected chi connectivity index (χ2v) is 8.78. The van der Waals surface area contributed by atoms with Crippen LogP contribution in [0.1, 0.15) is 56.7 Å². The first-order valence-electron chi connectivity index (χ1n) is 10.5. The Kier molecular flexibility index (Phi) is 5.28. The van der Waals surface area contributed by atoms with Crippen molar-refractivity contribution in [3.63, 3.8) is 0 Å². The van der Waals surface area contributed by atoms with Gasteiger partial charge in [0.25, 0.3) is 5.56 Å². The molecule has 154 valence electrons. The van der Waals surface area contributed by atoms with Gasteiger partial charge >= 0.3 is 0 Å². The van der Waals surface area contributed by atoms with Crippen molar-refractivity contribution >= 4 is 5.91 Å². The summed E-state index contributed by atoms with van der Waals surface area (Å²) in [5.74, 6) is 0.499. The van der Waals surface area contributed by atoms with Crippen LogP contribution >= 0.6 is 0 Å². The third-order valence-corrected chi connectivity index (χ3v) is 6.40. The largest absolute Gasteiger partial charge is 0.342 e. The normalized spacial score (nSPS) is 18.8. The molecule has 1 saturated carbocycles. The van der Waals surface area contributed by atoms with Crippen molar-refractivity contribution in [2.24, 2.45) is 5.92 Å². The maximum Gasteiger partial charge on any atom is 0.253 e. The Balaban J connectivity index is 1.37. The van der Waals surface area contributed by atoms with Gasteiger partial charge in [-0.15, -0.1) is 0 Å². The summed E-state index contributed by atoms with van der Waals surface area (Å²) in [6.07, 6.45) is 5.08. The van der Waals surface area contributed by atoms with E-state index in [2.05, 4.69) is 4.98 Å². The van der Waals surface area contributed by atoms with E-state index in [-0.39, 0.29) is 23.2 Å². The van der Waals surface area contributed by atoms with Crippen LogP contribution in [0.4, 0.5) is 4.39 Å². The van der Waals surface area contributed by atoms with Gasteiger partial charge in [0, 0.05) is 25.7 Å². The number of hydrogen-bond donors (Lipinski definition) is 0. The van der Waals surface area contributed by atoms with E-state index in [1.165, 1.54) is 12.1 Å². The summed E-state index contributed by atoms with van der Waals surface area (Å²) < 4.78 is 14.9. The monoisotopic (exact) mass is 397 g/mol. The highest BCUT2D eigenvalue weighted by atomic mass is 19.1. The summed E-state index contributed by atoms with van der Waals surface area (Å²) in [6, 6.07) is 7.99. The molecule has 5 nitrogen and oxygen atoms in total. The van der Waals surface area contributed by atoms with Crippen LogP contribution in [0.25, 0.3) is 0 Å². The second kappa shape index (κ2) is 7.73. The highest BCUT2D eigenvalue weighted by Crippen LogP contribution is 2.50. The molecule has 4 rings (SSSR count).